The van der Waals surface area contributed by atoms with Gasteiger partial charge in [0, 0.05) is 22.5 Å². The van der Waals surface area contributed by atoms with Crippen molar-refractivity contribution >= 4 is 39.7 Å². The Morgan fingerprint density at radius 2 is 2.09 bits per heavy atom. The summed E-state index contributed by atoms with van der Waals surface area (Å²) < 4.78 is 0. The van der Waals surface area contributed by atoms with Gasteiger partial charge in [0.25, 0.3) is 0 Å². The predicted molar refractivity (Wildman–Crippen MR) is 137 cm³/mol. The quantitative estimate of drug-likeness (QED) is 0.290. The molecule has 0 aliphatic heterocycles. The zero-order chi connectivity index (χ0) is 24.5. The molecule has 1 aliphatic rings. The van der Waals surface area contributed by atoms with Crippen molar-refractivity contribution in [1.82, 2.24) is 15.0 Å². The van der Waals surface area contributed by atoms with Crippen molar-refractivity contribution in [3.8, 4) is 0 Å². The lowest BCUT2D eigenvalue weighted by molar-refractivity contribution is 0.0158. The molecule has 0 unspecified atom stereocenters. The van der Waals surface area contributed by atoms with Gasteiger partial charge in [0.2, 0.25) is 0 Å². The van der Waals surface area contributed by atoms with E-state index in [0.717, 1.165) is 28.5 Å². The number of thiophene rings is 1. The number of nitrogens with zero attached hydrogens (tertiary/aromatic N) is 3. The van der Waals surface area contributed by atoms with Gasteiger partial charge in [-0.1, -0.05) is 12.1 Å². The van der Waals surface area contributed by atoms with Gasteiger partial charge < -0.3 is 21.3 Å². The highest BCUT2D eigenvalue weighted by molar-refractivity contribution is 7.08. The van der Waals surface area contributed by atoms with Crippen LogP contribution in [0.2, 0.25) is 0 Å². The average molecular weight is 490 g/mol. The molecular formula is C26H27N5O3S. The fraction of sp³-hybridized carbons (Fsp3) is 0.308. The molecule has 5 N–H and O–H groups in total. The summed E-state index contributed by atoms with van der Waals surface area (Å²) in [6.45, 7) is 1.94. The topological polar surface area (TPSA) is 134 Å². The number of fused-ring (bicyclic) bond motifs is 1. The Labute approximate surface area is 206 Å². The van der Waals surface area contributed by atoms with Crippen LogP contribution in [0.4, 0.5) is 11.6 Å². The van der Waals surface area contributed by atoms with Gasteiger partial charge in [-0.3, -0.25) is 4.79 Å². The molecule has 5 rings (SSSR count). The van der Waals surface area contributed by atoms with Crippen LogP contribution in [0.5, 0.6) is 0 Å². The number of nitrogens with one attached hydrogen (secondary N) is 1. The fourth-order valence-electron chi connectivity index (χ4n) is 4.73. The second kappa shape index (κ2) is 9.69. The Morgan fingerprint density at radius 3 is 2.89 bits per heavy atom. The van der Waals surface area contributed by atoms with E-state index in [-0.39, 0.29) is 11.7 Å². The van der Waals surface area contributed by atoms with Crippen molar-refractivity contribution in [2.45, 2.75) is 44.4 Å². The van der Waals surface area contributed by atoms with E-state index in [1.165, 1.54) is 23.9 Å². The third-order valence-corrected chi connectivity index (χ3v) is 7.46. The molecule has 0 spiro atoms. The van der Waals surface area contributed by atoms with Gasteiger partial charge in [-0.25, -0.2) is 15.0 Å². The number of ketones is 1. The van der Waals surface area contributed by atoms with Gasteiger partial charge in [0.15, 0.2) is 5.78 Å². The van der Waals surface area contributed by atoms with Gasteiger partial charge in [0.1, 0.15) is 24.1 Å². The van der Waals surface area contributed by atoms with Crippen molar-refractivity contribution in [1.29, 1.82) is 0 Å². The Bertz CT molecular complexity index is 1360. The van der Waals surface area contributed by atoms with E-state index >= 15 is 0 Å². The highest BCUT2D eigenvalue weighted by atomic mass is 32.1. The molecule has 1 saturated carbocycles. The monoisotopic (exact) mass is 489 g/mol. The zero-order valence-electron chi connectivity index (χ0n) is 19.3. The first-order chi connectivity index (χ1) is 16.9. The maximum atomic E-state index is 12.9. The summed E-state index contributed by atoms with van der Waals surface area (Å²) in [5, 5.41) is 29.3. The Morgan fingerprint density at radius 1 is 1.23 bits per heavy atom. The zero-order valence-corrected chi connectivity index (χ0v) is 20.1. The molecule has 1 aromatic carbocycles. The van der Waals surface area contributed by atoms with E-state index in [2.05, 4.69) is 26.3 Å². The van der Waals surface area contributed by atoms with Gasteiger partial charge >= 0.3 is 0 Å². The van der Waals surface area contributed by atoms with E-state index in [1.807, 2.05) is 30.5 Å². The van der Waals surface area contributed by atoms with Crippen molar-refractivity contribution in [3.63, 3.8) is 0 Å². The summed E-state index contributed by atoms with van der Waals surface area (Å²) in [5.41, 5.74) is 9.79. The molecule has 1 aliphatic carbocycles. The second-order valence-electron chi connectivity index (χ2n) is 9.11. The number of nitrogen functional groups attached to an aromatic ring is 1. The van der Waals surface area contributed by atoms with Crippen LogP contribution in [-0.4, -0.2) is 49.2 Å². The summed E-state index contributed by atoms with van der Waals surface area (Å²) in [6.07, 6.45) is 2.99. The van der Waals surface area contributed by atoms with Crippen LogP contribution >= 0.6 is 11.3 Å². The van der Waals surface area contributed by atoms with E-state index in [9.17, 15) is 15.0 Å². The molecule has 0 bridgehead atoms. The minimum absolute atomic E-state index is 0.105. The Hall–Kier alpha value is -3.40. The largest absolute Gasteiger partial charge is 0.390 e. The lowest BCUT2D eigenvalue weighted by Crippen LogP contribution is -2.35. The first-order valence-electron chi connectivity index (χ1n) is 11.6. The van der Waals surface area contributed by atoms with E-state index in [0.29, 0.717) is 35.6 Å². The molecular weight excluding hydrogens is 462 g/mol. The van der Waals surface area contributed by atoms with Gasteiger partial charge in [-0.2, -0.15) is 11.3 Å². The molecule has 4 aromatic rings. The molecule has 0 radical (unpaired) electrons. The first kappa shape index (κ1) is 23.3. The summed E-state index contributed by atoms with van der Waals surface area (Å²) in [4.78, 5) is 25.6. The predicted octanol–water partition coefficient (Wildman–Crippen LogP) is 3.36. The van der Waals surface area contributed by atoms with Crippen LogP contribution in [0.15, 0.2) is 53.6 Å². The number of benzene rings is 1. The smallest absolute Gasteiger partial charge is 0.199 e. The number of carbonyl (C=O) groups excluding carboxylic acids is 1. The highest BCUT2D eigenvalue weighted by Crippen LogP contribution is 2.33. The van der Waals surface area contributed by atoms with E-state index < -0.39 is 18.2 Å². The molecule has 0 saturated heterocycles. The summed E-state index contributed by atoms with van der Waals surface area (Å²) >= 11 is 1.44. The molecule has 3 aromatic heterocycles. The molecule has 4 atom stereocenters. The van der Waals surface area contributed by atoms with Gasteiger partial charge in [-0.15, -0.1) is 0 Å². The average Bonchev–Trinajstić information content (AvgIpc) is 3.48. The highest BCUT2D eigenvalue weighted by Gasteiger charge is 2.41. The number of rotatable bonds is 7. The van der Waals surface area contributed by atoms with Gasteiger partial charge in [-0.05, 0) is 66.8 Å². The number of aliphatic hydroxyl groups excluding tert-OH is 2. The normalized spacial score (nSPS) is 21.9. The van der Waals surface area contributed by atoms with Crippen LogP contribution < -0.4 is 11.1 Å². The van der Waals surface area contributed by atoms with Crippen molar-refractivity contribution < 1.29 is 15.0 Å². The maximum Gasteiger partial charge on any atom is 0.199 e. The molecule has 3 heterocycles. The number of pyridine rings is 1. The summed E-state index contributed by atoms with van der Waals surface area (Å²) in [5.74, 6) is 0.604. The lowest BCUT2D eigenvalue weighted by atomic mass is 9.95. The van der Waals surface area contributed by atoms with Crippen molar-refractivity contribution in [2.24, 2.45) is 5.92 Å². The minimum Gasteiger partial charge on any atom is -0.390 e. The number of anilines is 2. The Balaban J connectivity index is 1.27. The third-order valence-electron chi connectivity index (χ3n) is 6.78. The van der Waals surface area contributed by atoms with Gasteiger partial charge in [0.05, 0.1) is 23.2 Å². The molecule has 1 fully saturated rings. The van der Waals surface area contributed by atoms with Crippen molar-refractivity contribution in [3.05, 3.63) is 75.9 Å². The van der Waals surface area contributed by atoms with Crippen LogP contribution in [0, 0.1) is 12.8 Å². The molecule has 180 valence electrons. The van der Waals surface area contributed by atoms with Crippen molar-refractivity contribution in [2.75, 3.05) is 11.1 Å². The minimum atomic E-state index is -0.972. The number of hydrogen-bond acceptors (Lipinski definition) is 9. The number of hydrogen-bond donors (Lipinski definition) is 4. The van der Waals surface area contributed by atoms with Crippen LogP contribution in [-0.2, 0) is 6.42 Å². The summed E-state index contributed by atoms with van der Waals surface area (Å²) in [6, 6.07) is 9.48. The molecule has 0 amide bonds. The van der Waals surface area contributed by atoms with E-state index in [1.54, 1.807) is 11.4 Å². The fourth-order valence-corrected chi connectivity index (χ4v) is 5.37. The number of aromatic nitrogens is 3. The van der Waals surface area contributed by atoms with Crippen LogP contribution in [0.25, 0.3) is 10.9 Å². The number of aryl methyl sites for hydroxylation is 2. The lowest BCUT2D eigenvalue weighted by Gasteiger charge is -2.19. The number of aliphatic hydroxyl groups is 2. The third kappa shape index (κ3) is 4.75. The molecule has 9 heteroatoms. The first-order valence-corrected chi connectivity index (χ1v) is 12.5. The molecule has 35 heavy (non-hydrogen) atoms. The maximum absolute atomic E-state index is 12.9. The molecule has 8 nitrogen and oxygen atoms in total. The van der Waals surface area contributed by atoms with E-state index in [4.69, 9.17) is 5.73 Å². The standard InChI is InChI=1S/C26H27N5O3S/c1-14-8-16-4-2-15(9-20(16)30-25(14)27)3-5-17-10-21(24(34)23(17)33)31-26-19(11-28-13-29-26)22(32)18-6-7-35-12-18/h2,4,6-9,11-13,17,21,23-24,33-34H,3,5,10H2,1H3,(H2,27,30)(H,28,29,31)/t17-,21+,23+,24-/m0/s1. The number of carbonyl (C=O) groups is 1. The number of nitrogens with two attached hydrogens (primary N) is 1. The Kier molecular flexibility index (Phi) is 6.46. The van der Waals surface area contributed by atoms with Crippen LogP contribution in [0.3, 0.4) is 0 Å². The SMILES string of the molecule is Cc1cc2ccc(CC[C@H]3C[C@@H](Nc4ncncc4C(=O)c4ccsc4)[C@H](O)[C@@H]3O)cc2nc1N. The van der Waals surface area contributed by atoms with Crippen LogP contribution in [0.1, 0.15) is 39.9 Å². The second-order valence-corrected chi connectivity index (χ2v) is 9.89. The summed E-state index contributed by atoms with van der Waals surface area (Å²) in [7, 11) is 0.